The Hall–Kier alpha value is -1.97. The number of carbonyl (C=O) groups excluding carboxylic acids is 1. The molecule has 0 radical (unpaired) electrons. The summed E-state index contributed by atoms with van der Waals surface area (Å²) in [5.41, 5.74) is 1.58. The van der Waals surface area contributed by atoms with Crippen molar-refractivity contribution in [2.75, 3.05) is 0 Å². The van der Waals surface area contributed by atoms with Crippen molar-refractivity contribution in [1.82, 2.24) is 15.0 Å². The molecule has 0 unspecified atom stereocenters. The second-order valence-electron chi connectivity index (χ2n) is 6.30. The van der Waals surface area contributed by atoms with Crippen LogP contribution in [0, 0.1) is 0 Å². The SMILES string of the molecule is CCCC/C=C/CCCCCCCC(=O)n1nnc2ccccc21. The molecule has 0 bridgehead atoms. The van der Waals surface area contributed by atoms with Crippen molar-refractivity contribution in [3.63, 3.8) is 0 Å². The molecule has 1 heterocycles. The van der Waals surface area contributed by atoms with Gasteiger partial charge in [0, 0.05) is 6.42 Å². The molecule has 0 aliphatic carbocycles. The Bertz CT molecular complexity index is 645. The summed E-state index contributed by atoms with van der Waals surface area (Å²) < 4.78 is 1.44. The van der Waals surface area contributed by atoms with Crippen LogP contribution in [0.5, 0.6) is 0 Å². The number of aromatic nitrogens is 3. The Morgan fingerprint density at radius 3 is 2.54 bits per heavy atom. The van der Waals surface area contributed by atoms with Crippen molar-refractivity contribution >= 4 is 16.9 Å². The minimum Gasteiger partial charge on any atom is -0.273 e. The summed E-state index contributed by atoms with van der Waals surface area (Å²) in [6, 6.07) is 7.58. The van der Waals surface area contributed by atoms with Crippen LogP contribution in [-0.4, -0.2) is 20.9 Å². The van der Waals surface area contributed by atoms with E-state index in [1.807, 2.05) is 24.3 Å². The highest BCUT2D eigenvalue weighted by molar-refractivity contribution is 5.88. The standard InChI is InChI=1S/C20H29N3O/c1-2-3-4-5-6-7-8-9-10-11-12-17-20(24)23-19-16-14-13-15-18(19)21-22-23/h5-6,13-16H,2-4,7-12,17H2,1H3/b6-5+. The molecule has 0 saturated carbocycles. The lowest BCUT2D eigenvalue weighted by molar-refractivity contribution is 0.0886. The van der Waals surface area contributed by atoms with Crippen LogP contribution in [0.3, 0.4) is 0 Å². The summed E-state index contributed by atoms with van der Waals surface area (Å²) in [7, 11) is 0. The van der Waals surface area contributed by atoms with Crippen molar-refractivity contribution < 1.29 is 4.79 Å². The molecule has 2 rings (SSSR count). The Morgan fingerprint density at radius 1 is 1.00 bits per heavy atom. The van der Waals surface area contributed by atoms with E-state index < -0.39 is 0 Å². The van der Waals surface area contributed by atoms with Gasteiger partial charge in [-0.05, 0) is 37.8 Å². The van der Waals surface area contributed by atoms with Crippen LogP contribution in [0.25, 0.3) is 11.0 Å². The fourth-order valence-corrected chi connectivity index (χ4v) is 2.79. The first-order valence-electron chi connectivity index (χ1n) is 9.31. The molecular weight excluding hydrogens is 298 g/mol. The molecule has 0 fully saturated rings. The van der Waals surface area contributed by atoms with Crippen LogP contribution in [0.1, 0.15) is 75.9 Å². The van der Waals surface area contributed by atoms with Gasteiger partial charge in [0.1, 0.15) is 5.52 Å². The number of benzene rings is 1. The zero-order valence-corrected chi connectivity index (χ0v) is 14.8. The summed E-state index contributed by atoms with van der Waals surface area (Å²) in [4.78, 5) is 12.2. The van der Waals surface area contributed by atoms with Crippen molar-refractivity contribution in [2.45, 2.75) is 71.1 Å². The zero-order valence-electron chi connectivity index (χ0n) is 14.8. The van der Waals surface area contributed by atoms with Crippen molar-refractivity contribution in [1.29, 1.82) is 0 Å². The predicted molar refractivity (Wildman–Crippen MR) is 99.1 cm³/mol. The predicted octanol–water partition coefficient (Wildman–Crippen LogP) is 5.55. The van der Waals surface area contributed by atoms with E-state index in [-0.39, 0.29) is 5.91 Å². The van der Waals surface area contributed by atoms with Crippen LogP contribution in [-0.2, 0) is 0 Å². The Kier molecular flexibility index (Phi) is 8.22. The maximum Gasteiger partial charge on any atom is 0.248 e. The lowest BCUT2D eigenvalue weighted by Gasteiger charge is -2.02. The van der Waals surface area contributed by atoms with Crippen molar-refractivity contribution in [3.8, 4) is 0 Å². The molecular formula is C20H29N3O. The lowest BCUT2D eigenvalue weighted by atomic mass is 10.1. The van der Waals surface area contributed by atoms with Crippen LogP contribution in [0.4, 0.5) is 0 Å². The van der Waals surface area contributed by atoms with Crippen LogP contribution in [0.2, 0.25) is 0 Å². The second kappa shape index (κ2) is 10.7. The minimum atomic E-state index is 0.0440. The number of carbonyl (C=O) groups is 1. The molecule has 1 aromatic heterocycles. The maximum atomic E-state index is 12.2. The monoisotopic (exact) mass is 327 g/mol. The molecule has 2 aromatic rings. The summed E-state index contributed by atoms with van der Waals surface area (Å²) in [5, 5.41) is 8.00. The normalized spacial score (nSPS) is 11.5. The average molecular weight is 327 g/mol. The first-order valence-corrected chi connectivity index (χ1v) is 9.31. The third-order valence-corrected chi connectivity index (χ3v) is 4.24. The van der Waals surface area contributed by atoms with Crippen molar-refractivity contribution in [3.05, 3.63) is 36.4 Å². The first kappa shape index (κ1) is 18.4. The van der Waals surface area contributed by atoms with Crippen molar-refractivity contribution in [2.24, 2.45) is 0 Å². The van der Waals surface area contributed by atoms with Gasteiger partial charge >= 0.3 is 0 Å². The highest BCUT2D eigenvalue weighted by atomic mass is 16.2. The van der Waals surface area contributed by atoms with Crippen LogP contribution in [0.15, 0.2) is 36.4 Å². The van der Waals surface area contributed by atoms with Gasteiger partial charge in [0.15, 0.2) is 0 Å². The van der Waals surface area contributed by atoms with Gasteiger partial charge in [-0.15, -0.1) is 5.10 Å². The van der Waals surface area contributed by atoms with E-state index in [1.54, 1.807) is 0 Å². The van der Waals surface area contributed by atoms with E-state index >= 15 is 0 Å². The number of fused-ring (bicyclic) bond motifs is 1. The molecule has 24 heavy (non-hydrogen) atoms. The lowest BCUT2D eigenvalue weighted by Crippen LogP contribution is -2.12. The molecule has 4 heteroatoms. The molecule has 0 N–H and O–H groups in total. The molecule has 1 aromatic carbocycles. The molecule has 4 nitrogen and oxygen atoms in total. The van der Waals surface area contributed by atoms with E-state index in [2.05, 4.69) is 29.4 Å². The average Bonchev–Trinajstić information content (AvgIpc) is 3.03. The van der Waals surface area contributed by atoms with Gasteiger partial charge in [0.05, 0.1) is 5.52 Å². The minimum absolute atomic E-state index is 0.0440. The summed E-state index contributed by atoms with van der Waals surface area (Å²) in [5.74, 6) is 0.0440. The summed E-state index contributed by atoms with van der Waals surface area (Å²) in [6.45, 7) is 2.23. The van der Waals surface area contributed by atoms with Gasteiger partial charge < -0.3 is 0 Å². The molecule has 130 valence electrons. The molecule has 0 amide bonds. The molecule has 0 spiro atoms. The first-order chi connectivity index (χ1) is 11.8. The van der Waals surface area contributed by atoms with E-state index in [9.17, 15) is 4.79 Å². The number of unbranched alkanes of at least 4 members (excludes halogenated alkanes) is 7. The third-order valence-electron chi connectivity index (χ3n) is 4.24. The maximum absolute atomic E-state index is 12.2. The Labute approximate surface area is 144 Å². The Balaban J connectivity index is 1.56. The molecule has 0 saturated heterocycles. The smallest absolute Gasteiger partial charge is 0.248 e. The highest BCUT2D eigenvalue weighted by Crippen LogP contribution is 2.12. The van der Waals surface area contributed by atoms with Gasteiger partial charge in [0.2, 0.25) is 5.91 Å². The van der Waals surface area contributed by atoms with Crippen LogP contribution >= 0.6 is 0 Å². The topological polar surface area (TPSA) is 47.8 Å². The number of rotatable bonds is 11. The van der Waals surface area contributed by atoms with E-state index in [1.165, 1.54) is 49.6 Å². The van der Waals surface area contributed by atoms with Crippen LogP contribution < -0.4 is 0 Å². The van der Waals surface area contributed by atoms with Gasteiger partial charge in [-0.25, -0.2) is 0 Å². The summed E-state index contributed by atoms with van der Waals surface area (Å²) in [6.07, 6.45) is 15.9. The quantitative estimate of drug-likeness (QED) is 0.401. The summed E-state index contributed by atoms with van der Waals surface area (Å²) >= 11 is 0. The second-order valence-corrected chi connectivity index (χ2v) is 6.30. The molecule has 0 aliphatic heterocycles. The molecule has 0 atom stereocenters. The number of allylic oxidation sites excluding steroid dienone is 2. The van der Waals surface area contributed by atoms with E-state index in [4.69, 9.17) is 0 Å². The number of hydrogen-bond donors (Lipinski definition) is 0. The van der Waals surface area contributed by atoms with Gasteiger partial charge in [-0.2, -0.15) is 4.68 Å². The van der Waals surface area contributed by atoms with Gasteiger partial charge in [-0.1, -0.05) is 68.5 Å². The number of para-hydroxylation sites is 1. The zero-order chi connectivity index (χ0) is 17.0. The van der Waals surface area contributed by atoms with E-state index in [0.29, 0.717) is 6.42 Å². The third kappa shape index (κ3) is 5.91. The van der Waals surface area contributed by atoms with Gasteiger partial charge in [-0.3, -0.25) is 4.79 Å². The molecule has 0 aliphatic rings. The Morgan fingerprint density at radius 2 is 1.71 bits per heavy atom. The fraction of sp³-hybridized carbons (Fsp3) is 0.550. The number of nitrogens with zero attached hydrogens (tertiary/aromatic N) is 3. The number of hydrogen-bond acceptors (Lipinski definition) is 3. The largest absolute Gasteiger partial charge is 0.273 e. The highest BCUT2D eigenvalue weighted by Gasteiger charge is 2.10. The van der Waals surface area contributed by atoms with Gasteiger partial charge in [0.25, 0.3) is 0 Å². The fourth-order valence-electron chi connectivity index (χ4n) is 2.79. The van der Waals surface area contributed by atoms with E-state index in [0.717, 1.165) is 23.9 Å².